The highest BCUT2D eigenvalue weighted by molar-refractivity contribution is 6.54. The van der Waals surface area contributed by atoms with Gasteiger partial charge in [0.1, 0.15) is 11.4 Å². The number of hydrogen-bond donors (Lipinski definition) is 0. The molecule has 3 heterocycles. The topological polar surface area (TPSA) is 61.4 Å². The SMILES string of the molecule is CB(Cc1ccccc1)n1nnc(-c2ccnc(-c3cn(C)cn3)c2)c1C(F)(F)F. The van der Waals surface area contributed by atoms with Gasteiger partial charge in [-0.25, -0.2) is 4.98 Å². The molecule has 0 aliphatic carbocycles. The Morgan fingerprint density at radius 3 is 2.47 bits per heavy atom. The van der Waals surface area contributed by atoms with Crippen LogP contribution in [0.3, 0.4) is 0 Å². The molecule has 0 N–H and O–H groups in total. The molecule has 0 radical (unpaired) electrons. The largest absolute Gasteiger partial charge is 0.433 e. The quantitative estimate of drug-likeness (QED) is 0.467. The fraction of sp³-hybridized carbons (Fsp3) is 0.200. The van der Waals surface area contributed by atoms with E-state index >= 15 is 0 Å². The van der Waals surface area contributed by atoms with E-state index in [9.17, 15) is 13.2 Å². The molecule has 3 aromatic heterocycles. The summed E-state index contributed by atoms with van der Waals surface area (Å²) in [6.07, 6.45) is 0.592. The minimum absolute atomic E-state index is 0.220. The van der Waals surface area contributed by atoms with Crippen molar-refractivity contribution in [1.82, 2.24) is 29.4 Å². The van der Waals surface area contributed by atoms with Crippen LogP contribution in [0.25, 0.3) is 22.6 Å². The van der Waals surface area contributed by atoms with Gasteiger partial charge in [0.05, 0.1) is 12.0 Å². The first-order valence-corrected chi connectivity index (χ1v) is 9.34. The predicted molar refractivity (Wildman–Crippen MR) is 108 cm³/mol. The third-order valence-corrected chi connectivity index (χ3v) is 4.76. The Balaban J connectivity index is 1.74. The summed E-state index contributed by atoms with van der Waals surface area (Å²) in [5.74, 6) is 0. The Bertz CT molecular complexity index is 1150. The maximum atomic E-state index is 14.0. The van der Waals surface area contributed by atoms with Crippen molar-refractivity contribution < 1.29 is 13.2 Å². The zero-order valence-corrected chi connectivity index (χ0v) is 16.4. The first kappa shape index (κ1) is 19.9. The molecule has 0 unspecified atom stereocenters. The van der Waals surface area contributed by atoms with Gasteiger partial charge in [-0.2, -0.15) is 13.2 Å². The Morgan fingerprint density at radius 1 is 1.03 bits per heavy atom. The summed E-state index contributed by atoms with van der Waals surface area (Å²) in [6, 6.07) is 12.4. The van der Waals surface area contributed by atoms with Crippen molar-refractivity contribution in [3.63, 3.8) is 0 Å². The number of hydrogen-bond acceptors (Lipinski definition) is 4. The molecule has 6 nitrogen and oxygen atoms in total. The Morgan fingerprint density at radius 2 is 1.80 bits per heavy atom. The molecule has 10 heteroatoms. The summed E-state index contributed by atoms with van der Waals surface area (Å²) in [5.41, 5.74) is 1.16. The summed E-state index contributed by atoms with van der Waals surface area (Å²) < 4.78 is 44.8. The number of aryl methyl sites for hydroxylation is 1. The van der Waals surface area contributed by atoms with Gasteiger partial charge in [-0.05, 0) is 18.5 Å². The van der Waals surface area contributed by atoms with Crippen molar-refractivity contribution in [3.05, 3.63) is 72.4 Å². The lowest BCUT2D eigenvalue weighted by Gasteiger charge is -2.15. The lowest BCUT2D eigenvalue weighted by molar-refractivity contribution is -0.141. The van der Waals surface area contributed by atoms with Crippen LogP contribution in [-0.4, -0.2) is 36.3 Å². The van der Waals surface area contributed by atoms with Crippen LogP contribution in [0.4, 0.5) is 13.2 Å². The van der Waals surface area contributed by atoms with Crippen LogP contribution in [0, 0.1) is 0 Å². The second kappa shape index (κ2) is 7.77. The second-order valence-corrected chi connectivity index (χ2v) is 7.12. The molecular weight excluding hydrogens is 392 g/mol. The van der Waals surface area contributed by atoms with Crippen LogP contribution < -0.4 is 0 Å². The van der Waals surface area contributed by atoms with E-state index in [1.807, 2.05) is 37.4 Å². The van der Waals surface area contributed by atoms with Crippen LogP contribution in [0.15, 0.2) is 61.2 Å². The molecule has 30 heavy (non-hydrogen) atoms. The van der Waals surface area contributed by atoms with Crippen molar-refractivity contribution in [2.45, 2.75) is 19.3 Å². The van der Waals surface area contributed by atoms with Gasteiger partial charge in [0, 0.05) is 25.0 Å². The van der Waals surface area contributed by atoms with Gasteiger partial charge < -0.3 is 4.57 Å². The van der Waals surface area contributed by atoms with Crippen LogP contribution in [0.1, 0.15) is 11.3 Å². The fourth-order valence-corrected chi connectivity index (χ4v) is 3.37. The maximum Gasteiger partial charge on any atom is 0.433 e. The smallest absolute Gasteiger partial charge is 0.340 e. The minimum Gasteiger partial charge on any atom is -0.340 e. The van der Waals surface area contributed by atoms with Crippen LogP contribution in [-0.2, 0) is 19.5 Å². The van der Waals surface area contributed by atoms with Crippen molar-refractivity contribution in [1.29, 1.82) is 0 Å². The van der Waals surface area contributed by atoms with E-state index in [1.54, 1.807) is 30.0 Å². The number of rotatable bonds is 5. The lowest BCUT2D eigenvalue weighted by Crippen LogP contribution is -2.30. The Kier molecular flexibility index (Phi) is 5.15. The van der Waals surface area contributed by atoms with Crippen molar-refractivity contribution >= 4 is 6.85 Å². The number of imidazole rings is 1. The highest BCUT2D eigenvalue weighted by atomic mass is 19.4. The van der Waals surface area contributed by atoms with Crippen LogP contribution >= 0.6 is 0 Å². The van der Waals surface area contributed by atoms with Gasteiger partial charge in [-0.1, -0.05) is 47.9 Å². The number of benzene rings is 1. The lowest BCUT2D eigenvalue weighted by atomic mass is 9.60. The monoisotopic (exact) mass is 410 g/mol. The molecule has 0 spiro atoms. The van der Waals surface area contributed by atoms with Gasteiger partial charge in [-0.15, -0.1) is 5.10 Å². The standard InChI is InChI=1S/C20H18BF3N6/c1-21(11-14-6-4-3-5-7-14)30-19(20(22,23)24)18(27-28-30)15-8-9-25-16(10-15)17-12-29(2)13-26-17/h3-10,12-13H,11H2,1-2H3. The highest BCUT2D eigenvalue weighted by Crippen LogP contribution is 2.36. The van der Waals surface area contributed by atoms with Crippen LogP contribution in [0.5, 0.6) is 0 Å². The molecular formula is C20H18BF3N6. The molecule has 0 atom stereocenters. The zero-order chi connectivity index (χ0) is 21.3. The first-order valence-electron chi connectivity index (χ1n) is 9.34. The highest BCUT2D eigenvalue weighted by Gasteiger charge is 2.41. The zero-order valence-electron chi connectivity index (χ0n) is 16.4. The average molecular weight is 410 g/mol. The van der Waals surface area contributed by atoms with E-state index in [0.29, 0.717) is 17.7 Å². The van der Waals surface area contributed by atoms with Crippen molar-refractivity contribution in [3.8, 4) is 22.6 Å². The third kappa shape index (κ3) is 3.98. The number of aromatic nitrogens is 6. The maximum absolute atomic E-state index is 14.0. The Labute approximate surface area is 171 Å². The fourth-order valence-electron chi connectivity index (χ4n) is 3.37. The molecule has 152 valence electrons. The summed E-state index contributed by atoms with van der Waals surface area (Å²) in [7, 11) is 1.81. The molecule has 0 bridgehead atoms. The summed E-state index contributed by atoms with van der Waals surface area (Å²) in [6.45, 7) is 1.18. The molecule has 0 saturated carbocycles. The summed E-state index contributed by atoms with van der Waals surface area (Å²) in [4.78, 5) is 8.44. The number of alkyl halides is 3. The van der Waals surface area contributed by atoms with Crippen molar-refractivity contribution in [2.75, 3.05) is 0 Å². The molecule has 4 rings (SSSR count). The molecule has 0 aliphatic heterocycles. The third-order valence-electron chi connectivity index (χ3n) is 4.76. The number of halogens is 3. The molecule has 0 fully saturated rings. The van der Waals surface area contributed by atoms with Gasteiger partial charge in [0.2, 0.25) is 0 Å². The normalized spacial score (nSPS) is 11.6. The summed E-state index contributed by atoms with van der Waals surface area (Å²) in [5, 5.41) is 7.76. The van der Waals surface area contributed by atoms with E-state index in [4.69, 9.17) is 0 Å². The molecule has 0 amide bonds. The van der Waals surface area contributed by atoms with E-state index in [-0.39, 0.29) is 11.3 Å². The number of pyridine rings is 1. The van der Waals surface area contributed by atoms with E-state index in [0.717, 1.165) is 10.2 Å². The molecule has 4 aromatic rings. The molecule has 1 aromatic carbocycles. The van der Waals surface area contributed by atoms with Gasteiger partial charge >= 0.3 is 6.18 Å². The van der Waals surface area contributed by atoms with Gasteiger partial charge in [-0.3, -0.25) is 9.58 Å². The Hall–Kier alpha value is -3.43. The van der Waals surface area contributed by atoms with Crippen LogP contribution in [0.2, 0.25) is 6.82 Å². The van der Waals surface area contributed by atoms with E-state index in [2.05, 4.69) is 20.3 Å². The van der Waals surface area contributed by atoms with Crippen molar-refractivity contribution in [2.24, 2.45) is 7.05 Å². The number of nitrogens with zero attached hydrogens (tertiary/aromatic N) is 6. The molecule has 0 saturated heterocycles. The van der Waals surface area contributed by atoms with E-state index in [1.165, 1.54) is 12.3 Å². The minimum atomic E-state index is -4.61. The second-order valence-electron chi connectivity index (χ2n) is 7.12. The first-order chi connectivity index (χ1) is 14.3. The van der Waals surface area contributed by atoms with Gasteiger partial charge in [0.25, 0.3) is 6.85 Å². The van der Waals surface area contributed by atoms with Gasteiger partial charge in [0.15, 0.2) is 5.69 Å². The molecule has 0 aliphatic rings. The summed E-state index contributed by atoms with van der Waals surface area (Å²) >= 11 is 0. The van der Waals surface area contributed by atoms with E-state index < -0.39 is 18.7 Å². The average Bonchev–Trinajstić information content (AvgIpc) is 3.35. The predicted octanol–water partition coefficient (Wildman–Crippen LogP) is 4.01.